The number of aryl methyl sites for hydroxylation is 1. The summed E-state index contributed by atoms with van der Waals surface area (Å²) in [6, 6.07) is 6.13. The van der Waals surface area contributed by atoms with Crippen LogP contribution in [0.2, 0.25) is 0 Å². The van der Waals surface area contributed by atoms with Crippen molar-refractivity contribution in [2.24, 2.45) is 0 Å². The summed E-state index contributed by atoms with van der Waals surface area (Å²) in [4.78, 5) is 0.772. The molecule has 0 amide bonds. The fourth-order valence-corrected chi connectivity index (χ4v) is 2.11. The summed E-state index contributed by atoms with van der Waals surface area (Å²) < 4.78 is 0. The van der Waals surface area contributed by atoms with E-state index in [4.69, 9.17) is 24.4 Å². The second-order valence-corrected chi connectivity index (χ2v) is 4.60. The van der Waals surface area contributed by atoms with Crippen molar-refractivity contribution in [2.75, 3.05) is 19.4 Å². The highest BCUT2D eigenvalue weighted by atomic mass is 32.1. The first kappa shape index (κ1) is 11.3. The summed E-state index contributed by atoms with van der Waals surface area (Å²) >= 11 is 10.7. The van der Waals surface area contributed by atoms with Gasteiger partial charge >= 0.3 is 0 Å². The van der Waals surface area contributed by atoms with Gasteiger partial charge in [0.05, 0.1) is 5.69 Å². The second-order valence-electron chi connectivity index (χ2n) is 3.83. The van der Waals surface area contributed by atoms with E-state index in [-0.39, 0.29) is 0 Å². The predicted octanol–water partition coefficient (Wildman–Crippen LogP) is 2.16. The van der Waals surface area contributed by atoms with Gasteiger partial charge in [0, 0.05) is 19.7 Å². The van der Waals surface area contributed by atoms with E-state index in [2.05, 4.69) is 18.3 Å². The SMILES string of the molecule is Cc1ccc2c(c1)C(=S)N(C)N(C)C(=S)N2. The van der Waals surface area contributed by atoms with Crippen LogP contribution in [-0.4, -0.2) is 34.2 Å². The molecule has 1 aromatic carbocycles. The van der Waals surface area contributed by atoms with E-state index in [1.807, 2.05) is 36.2 Å². The summed E-state index contributed by atoms with van der Waals surface area (Å²) in [5.74, 6) is 0. The van der Waals surface area contributed by atoms with Gasteiger partial charge < -0.3 is 5.32 Å². The Kier molecular flexibility index (Phi) is 2.82. The van der Waals surface area contributed by atoms with Crippen LogP contribution in [0.1, 0.15) is 11.1 Å². The number of nitrogens with zero attached hydrogens (tertiary/aromatic N) is 2. The van der Waals surface area contributed by atoms with Crippen LogP contribution in [0.3, 0.4) is 0 Å². The Morgan fingerprint density at radius 3 is 2.50 bits per heavy atom. The molecule has 2 rings (SSSR count). The molecule has 0 fully saturated rings. The van der Waals surface area contributed by atoms with Crippen LogP contribution >= 0.6 is 24.4 Å². The third-order valence-electron chi connectivity index (χ3n) is 2.68. The van der Waals surface area contributed by atoms with Crippen molar-refractivity contribution in [3.05, 3.63) is 29.3 Å². The van der Waals surface area contributed by atoms with E-state index in [1.165, 1.54) is 5.56 Å². The maximum absolute atomic E-state index is 5.44. The van der Waals surface area contributed by atoms with E-state index >= 15 is 0 Å². The largest absolute Gasteiger partial charge is 0.331 e. The van der Waals surface area contributed by atoms with Crippen molar-refractivity contribution in [2.45, 2.75) is 6.92 Å². The number of hydrogen-bond acceptors (Lipinski definition) is 2. The summed E-state index contributed by atoms with van der Waals surface area (Å²) in [5, 5.41) is 7.53. The topological polar surface area (TPSA) is 18.5 Å². The van der Waals surface area contributed by atoms with Crippen LogP contribution in [0.15, 0.2) is 18.2 Å². The molecule has 0 bridgehead atoms. The highest BCUT2D eigenvalue weighted by Crippen LogP contribution is 2.23. The average molecular weight is 251 g/mol. The Morgan fingerprint density at radius 2 is 1.81 bits per heavy atom. The second kappa shape index (κ2) is 3.99. The van der Waals surface area contributed by atoms with Crippen molar-refractivity contribution in [1.29, 1.82) is 0 Å². The molecule has 5 heteroatoms. The number of fused-ring (bicyclic) bond motifs is 1. The highest BCUT2D eigenvalue weighted by Gasteiger charge is 2.22. The first-order valence-electron chi connectivity index (χ1n) is 4.94. The van der Waals surface area contributed by atoms with Gasteiger partial charge in [0.1, 0.15) is 4.99 Å². The lowest BCUT2D eigenvalue weighted by Crippen LogP contribution is -2.43. The molecular formula is C11H13N3S2. The molecule has 0 aliphatic carbocycles. The molecule has 1 N–H and O–H groups in total. The molecule has 1 aliphatic heterocycles. The molecule has 0 saturated heterocycles. The fraction of sp³-hybridized carbons (Fsp3) is 0.273. The zero-order chi connectivity index (χ0) is 11.9. The molecule has 0 unspecified atom stereocenters. The molecule has 1 aliphatic rings. The minimum absolute atomic E-state index is 0.646. The maximum Gasteiger partial charge on any atom is 0.192 e. The van der Waals surface area contributed by atoms with Crippen LogP contribution in [-0.2, 0) is 0 Å². The lowest BCUT2D eigenvalue weighted by atomic mass is 10.1. The number of hydrogen-bond donors (Lipinski definition) is 1. The van der Waals surface area contributed by atoms with E-state index in [0.29, 0.717) is 5.11 Å². The molecule has 3 nitrogen and oxygen atoms in total. The van der Waals surface area contributed by atoms with Crippen molar-refractivity contribution >= 4 is 40.2 Å². The molecule has 16 heavy (non-hydrogen) atoms. The number of hydrazine groups is 1. The Morgan fingerprint density at radius 1 is 1.12 bits per heavy atom. The summed E-state index contributed by atoms with van der Waals surface area (Å²) in [5.41, 5.74) is 3.17. The predicted molar refractivity (Wildman–Crippen MR) is 74.6 cm³/mol. The Hall–Kier alpha value is -1.20. The minimum atomic E-state index is 0.646. The van der Waals surface area contributed by atoms with Gasteiger partial charge in [0.25, 0.3) is 0 Å². The van der Waals surface area contributed by atoms with Gasteiger partial charge in [-0.15, -0.1) is 0 Å². The zero-order valence-corrected chi connectivity index (χ0v) is 11.1. The minimum Gasteiger partial charge on any atom is -0.331 e. The zero-order valence-electron chi connectivity index (χ0n) is 9.44. The van der Waals surface area contributed by atoms with Crippen LogP contribution in [0.5, 0.6) is 0 Å². The molecular weight excluding hydrogens is 238 g/mol. The lowest BCUT2D eigenvalue weighted by molar-refractivity contribution is 0.217. The van der Waals surface area contributed by atoms with Crippen LogP contribution in [0.25, 0.3) is 0 Å². The third-order valence-corrected chi connectivity index (χ3v) is 3.54. The Bertz CT molecular complexity index is 470. The first-order valence-corrected chi connectivity index (χ1v) is 5.75. The number of rotatable bonds is 0. The normalized spacial score (nSPS) is 15.7. The Balaban J connectivity index is 2.56. The van der Waals surface area contributed by atoms with Gasteiger partial charge in [-0.2, -0.15) is 0 Å². The maximum atomic E-state index is 5.44. The molecule has 0 spiro atoms. The fourth-order valence-electron chi connectivity index (χ4n) is 1.59. The monoisotopic (exact) mass is 251 g/mol. The smallest absolute Gasteiger partial charge is 0.192 e. The van der Waals surface area contributed by atoms with Crippen molar-refractivity contribution in [3.63, 3.8) is 0 Å². The molecule has 1 heterocycles. The molecule has 0 radical (unpaired) electrons. The van der Waals surface area contributed by atoms with E-state index in [1.54, 1.807) is 0 Å². The summed E-state index contributed by atoms with van der Waals surface area (Å²) in [6.45, 7) is 2.05. The van der Waals surface area contributed by atoms with Crippen molar-refractivity contribution in [1.82, 2.24) is 10.0 Å². The molecule has 0 aromatic heterocycles. The molecule has 84 valence electrons. The van der Waals surface area contributed by atoms with Gasteiger partial charge in [-0.1, -0.05) is 23.8 Å². The summed E-state index contributed by atoms with van der Waals surface area (Å²) in [6.07, 6.45) is 0. The van der Waals surface area contributed by atoms with Crippen molar-refractivity contribution < 1.29 is 0 Å². The molecule has 0 atom stereocenters. The van der Waals surface area contributed by atoms with E-state index in [9.17, 15) is 0 Å². The highest BCUT2D eigenvalue weighted by molar-refractivity contribution is 7.81. The number of nitrogens with one attached hydrogen (secondary N) is 1. The first-order chi connectivity index (χ1) is 7.50. The van der Waals surface area contributed by atoms with Gasteiger partial charge in [0.15, 0.2) is 5.11 Å². The molecule has 0 saturated carbocycles. The average Bonchev–Trinajstić information content (AvgIpc) is 2.34. The number of anilines is 1. The van der Waals surface area contributed by atoms with Crippen LogP contribution in [0, 0.1) is 6.92 Å². The lowest BCUT2D eigenvalue weighted by Gasteiger charge is -2.29. The van der Waals surface area contributed by atoms with Gasteiger partial charge in [-0.3, -0.25) is 10.0 Å². The quantitative estimate of drug-likeness (QED) is 0.710. The molecule has 1 aromatic rings. The summed E-state index contributed by atoms with van der Waals surface area (Å²) in [7, 11) is 3.80. The van der Waals surface area contributed by atoms with Crippen LogP contribution in [0.4, 0.5) is 5.69 Å². The third kappa shape index (κ3) is 1.76. The number of benzene rings is 1. The van der Waals surface area contributed by atoms with Gasteiger partial charge in [-0.25, -0.2) is 0 Å². The van der Waals surface area contributed by atoms with Gasteiger partial charge in [0.2, 0.25) is 0 Å². The standard InChI is InChI=1S/C11H13N3S2/c1-7-4-5-9-8(6-7)10(15)13(2)14(3)11(16)12-9/h4-6H,1-3H3,(H,12,16). The van der Waals surface area contributed by atoms with E-state index in [0.717, 1.165) is 16.2 Å². The van der Waals surface area contributed by atoms with E-state index < -0.39 is 0 Å². The Labute approximate surface area is 106 Å². The van der Waals surface area contributed by atoms with Gasteiger partial charge in [-0.05, 0) is 31.3 Å². The van der Waals surface area contributed by atoms with Crippen LogP contribution < -0.4 is 5.32 Å². The number of thiocarbonyl (C=S) groups is 2. The van der Waals surface area contributed by atoms with Crippen molar-refractivity contribution in [3.8, 4) is 0 Å².